The number of aromatic nitrogens is 3. The molecule has 1 aromatic carbocycles. The Labute approximate surface area is 133 Å². The summed E-state index contributed by atoms with van der Waals surface area (Å²) in [6, 6.07) is 6.03. The fraction of sp³-hybridized carbons (Fsp3) is 0.357. The number of hydrogen-bond donors (Lipinski definition) is 2. The van der Waals surface area contributed by atoms with Gasteiger partial charge >= 0.3 is 0 Å². The molecule has 2 aromatic rings. The van der Waals surface area contributed by atoms with Crippen molar-refractivity contribution in [1.82, 2.24) is 15.0 Å². The predicted molar refractivity (Wildman–Crippen MR) is 90.5 cm³/mol. The summed E-state index contributed by atoms with van der Waals surface area (Å²) in [6.45, 7) is 4.81. The Balaban J connectivity index is 2.31. The minimum Gasteiger partial charge on any atom is -0.354 e. The standard InChI is InChI=1S/C14H19BrN6/c1-5-16-12-18-13(20-14(19-12)21(3)4)17-10-7-6-9(2)11(15)8-10/h6-8H,5H2,1-4H3,(H2,16,17,18,19,20). The summed E-state index contributed by atoms with van der Waals surface area (Å²) in [5.74, 6) is 1.68. The summed E-state index contributed by atoms with van der Waals surface area (Å²) in [5, 5.41) is 6.32. The Kier molecular flexibility index (Phi) is 4.95. The quantitative estimate of drug-likeness (QED) is 0.863. The third-order valence-electron chi connectivity index (χ3n) is 2.79. The van der Waals surface area contributed by atoms with Gasteiger partial charge in [0.05, 0.1) is 0 Å². The normalized spacial score (nSPS) is 10.3. The van der Waals surface area contributed by atoms with Crippen LogP contribution in [0.3, 0.4) is 0 Å². The number of halogens is 1. The molecule has 0 radical (unpaired) electrons. The van der Waals surface area contributed by atoms with Crippen molar-refractivity contribution in [2.24, 2.45) is 0 Å². The van der Waals surface area contributed by atoms with Gasteiger partial charge in [0.2, 0.25) is 17.8 Å². The number of aryl methyl sites for hydroxylation is 1. The van der Waals surface area contributed by atoms with Crippen LogP contribution in [0.4, 0.5) is 23.5 Å². The van der Waals surface area contributed by atoms with Gasteiger partial charge in [-0.2, -0.15) is 15.0 Å². The average molecular weight is 351 g/mol. The van der Waals surface area contributed by atoms with Crippen LogP contribution in [0.2, 0.25) is 0 Å². The van der Waals surface area contributed by atoms with E-state index >= 15 is 0 Å². The van der Waals surface area contributed by atoms with Crippen LogP contribution in [0.15, 0.2) is 22.7 Å². The van der Waals surface area contributed by atoms with Crippen molar-refractivity contribution in [1.29, 1.82) is 0 Å². The molecule has 1 aromatic heterocycles. The molecule has 0 spiro atoms. The lowest BCUT2D eigenvalue weighted by atomic mass is 10.2. The number of nitrogens with zero attached hydrogens (tertiary/aromatic N) is 4. The minimum absolute atomic E-state index is 0.514. The smallest absolute Gasteiger partial charge is 0.233 e. The Morgan fingerprint density at radius 3 is 2.48 bits per heavy atom. The molecule has 0 aliphatic rings. The second-order valence-electron chi connectivity index (χ2n) is 4.80. The van der Waals surface area contributed by atoms with E-state index in [4.69, 9.17) is 0 Å². The summed E-state index contributed by atoms with van der Waals surface area (Å²) < 4.78 is 1.04. The Morgan fingerprint density at radius 2 is 1.86 bits per heavy atom. The van der Waals surface area contributed by atoms with Crippen LogP contribution in [0.1, 0.15) is 12.5 Å². The van der Waals surface area contributed by atoms with Crippen molar-refractivity contribution in [2.45, 2.75) is 13.8 Å². The highest BCUT2D eigenvalue weighted by Crippen LogP contribution is 2.23. The maximum atomic E-state index is 4.40. The van der Waals surface area contributed by atoms with Gasteiger partial charge in [-0.25, -0.2) is 0 Å². The molecule has 0 fully saturated rings. The molecule has 2 rings (SSSR count). The number of hydrogen-bond acceptors (Lipinski definition) is 6. The van der Waals surface area contributed by atoms with Gasteiger partial charge in [0.1, 0.15) is 0 Å². The van der Waals surface area contributed by atoms with Gasteiger partial charge in [-0.1, -0.05) is 22.0 Å². The zero-order valence-corrected chi connectivity index (χ0v) is 14.2. The highest BCUT2D eigenvalue weighted by atomic mass is 79.9. The maximum absolute atomic E-state index is 4.40. The van der Waals surface area contributed by atoms with E-state index in [0.717, 1.165) is 16.7 Å². The van der Waals surface area contributed by atoms with Gasteiger partial charge in [0, 0.05) is 30.8 Å². The van der Waals surface area contributed by atoms with E-state index in [1.807, 2.05) is 51.0 Å². The van der Waals surface area contributed by atoms with E-state index in [-0.39, 0.29) is 0 Å². The molecule has 0 amide bonds. The van der Waals surface area contributed by atoms with Crippen LogP contribution >= 0.6 is 15.9 Å². The van der Waals surface area contributed by atoms with E-state index in [1.165, 1.54) is 5.56 Å². The van der Waals surface area contributed by atoms with Gasteiger partial charge in [0.25, 0.3) is 0 Å². The first-order valence-corrected chi connectivity index (χ1v) is 7.49. The second-order valence-corrected chi connectivity index (χ2v) is 5.65. The lowest BCUT2D eigenvalue weighted by Crippen LogP contribution is -2.16. The average Bonchev–Trinajstić information content (AvgIpc) is 2.43. The van der Waals surface area contributed by atoms with Crippen LogP contribution in [0.25, 0.3) is 0 Å². The zero-order valence-electron chi connectivity index (χ0n) is 12.6. The molecular formula is C14H19BrN6. The monoisotopic (exact) mass is 350 g/mol. The largest absolute Gasteiger partial charge is 0.354 e. The van der Waals surface area contributed by atoms with Crippen LogP contribution in [0, 0.1) is 6.92 Å². The first-order chi connectivity index (χ1) is 9.99. The molecular weight excluding hydrogens is 332 g/mol. The Hall–Kier alpha value is -1.89. The van der Waals surface area contributed by atoms with Gasteiger partial charge in [-0.05, 0) is 31.5 Å². The lowest BCUT2D eigenvalue weighted by Gasteiger charge is -2.14. The lowest BCUT2D eigenvalue weighted by molar-refractivity contribution is 0.953. The SMILES string of the molecule is CCNc1nc(Nc2ccc(C)c(Br)c2)nc(N(C)C)n1. The minimum atomic E-state index is 0.514. The molecule has 0 saturated carbocycles. The molecule has 0 unspecified atom stereocenters. The summed E-state index contributed by atoms with van der Waals surface area (Å²) >= 11 is 3.52. The molecule has 1 heterocycles. The van der Waals surface area contributed by atoms with E-state index in [9.17, 15) is 0 Å². The highest BCUT2D eigenvalue weighted by molar-refractivity contribution is 9.10. The van der Waals surface area contributed by atoms with Crippen LogP contribution < -0.4 is 15.5 Å². The van der Waals surface area contributed by atoms with Gasteiger partial charge in [-0.3, -0.25) is 0 Å². The second kappa shape index (κ2) is 6.71. The molecule has 2 N–H and O–H groups in total. The summed E-state index contributed by atoms with van der Waals surface area (Å²) in [6.07, 6.45) is 0. The van der Waals surface area contributed by atoms with Crippen molar-refractivity contribution >= 4 is 39.5 Å². The van der Waals surface area contributed by atoms with Crippen LogP contribution in [-0.2, 0) is 0 Å². The molecule has 0 aliphatic carbocycles. The van der Waals surface area contributed by atoms with Gasteiger partial charge in [0.15, 0.2) is 0 Å². The number of benzene rings is 1. The fourth-order valence-electron chi connectivity index (χ4n) is 1.66. The fourth-order valence-corrected chi connectivity index (χ4v) is 2.04. The molecule has 6 nitrogen and oxygen atoms in total. The molecule has 0 saturated heterocycles. The van der Waals surface area contributed by atoms with E-state index in [0.29, 0.717) is 17.8 Å². The van der Waals surface area contributed by atoms with E-state index in [2.05, 4.69) is 41.5 Å². The maximum Gasteiger partial charge on any atom is 0.233 e. The predicted octanol–water partition coefficient (Wildman–Crippen LogP) is 3.18. The third kappa shape index (κ3) is 4.04. The number of nitrogens with one attached hydrogen (secondary N) is 2. The third-order valence-corrected chi connectivity index (χ3v) is 3.64. The Morgan fingerprint density at radius 1 is 1.14 bits per heavy atom. The zero-order chi connectivity index (χ0) is 15.4. The number of anilines is 4. The summed E-state index contributed by atoms with van der Waals surface area (Å²) in [5.41, 5.74) is 2.10. The van der Waals surface area contributed by atoms with Crippen molar-refractivity contribution in [3.05, 3.63) is 28.2 Å². The topological polar surface area (TPSA) is 66.0 Å². The molecule has 0 atom stereocenters. The number of rotatable bonds is 5. The highest BCUT2D eigenvalue weighted by Gasteiger charge is 2.08. The van der Waals surface area contributed by atoms with Crippen molar-refractivity contribution in [3.63, 3.8) is 0 Å². The van der Waals surface area contributed by atoms with Crippen molar-refractivity contribution in [2.75, 3.05) is 36.2 Å². The first kappa shape index (κ1) is 15.5. The Bertz CT molecular complexity index is 629. The summed E-state index contributed by atoms with van der Waals surface area (Å²) in [7, 11) is 3.80. The summed E-state index contributed by atoms with van der Waals surface area (Å²) in [4.78, 5) is 15.0. The molecule has 21 heavy (non-hydrogen) atoms. The molecule has 0 aliphatic heterocycles. The van der Waals surface area contributed by atoms with E-state index < -0.39 is 0 Å². The molecule has 7 heteroatoms. The van der Waals surface area contributed by atoms with E-state index in [1.54, 1.807) is 0 Å². The first-order valence-electron chi connectivity index (χ1n) is 6.70. The van der Waals surface area contributed by atoms with Crippen LogP contribution in [0.5, 0.6) is 0 Å². The van der Waals surface area contributed by atoms with Crippen LogP contribution in [-0.4, -0.2) is 35.6 Å². The van der Waals surface area contributed by atoms with Crippen molar-refractivity contribution < 1.29 is 0 Å². The molecule has 0 bridgehead atoms. The van der Waals surface area contributed by atoms with Gasteiger partial charge in [-0.15, -0.1) is 0 Å². The van der Waals surface area contributed by atoms with Gasteiger partial charge < -0.3 is 15.5 Å². The molecule has 112 valence electrons. The van der Waals surface area contributed by atoms with Crippen molar-refractivity contribution in [3.8, 4) is 0 Å².